The Morgan fingerprint density at radius 1 is 1.07 bits per heavy atom. The molecule has 27 heavy (non-hydrogen) atoms. The van der Waals surface area contributed by atoms with E-state index in [1.54, 1.807) is 24.5 Å². The Kier molecular flexibility index (Phi) is 5.59. The molecular weight excluding hydrogens is 350 g/mol. The molecule has 3 rings (SSSR count). The smallest absolute Gasteiger partial charge is 0.387 e. The molecule has 7 heteroatoms. The standard InChI is InChI=1S/C20H20F2N4O/c1-12-13(2)24-19(16-7-5-9-23-11-16)26-18(12)25-14(3)15-6-4-8-17(10-15)27-20(21)22/h4-11,14,20H,1-3H3,(H,24,25,26). The maximum atomic E-state index is 12.4. The second-order valence-corrected chi connectivity index (χ2v) is 6.16. The van der Waals surface area contributed by atoms with Gasteiger partial charge in [0.25, 0.3) is 0 Å². The highest BCUT2D eigenvalue weighted by Crippen LogP contribution is 2.27. The van der Waals surface area contributed by atoms with Crippen molar-refractivity contribution in [1.82, 2.24) is 15.0 Å². The Morgan fingerprint density at radius 3 is 2.59 bits per heavy atom. The maximum absolute atomic E-state index is 12.4. The minimum Gasteiger partial charge on any atom is -0.435 e. The predicted octanol–water partition coefficient (Wildman–Crippen LogP) is 4.93. The number of nitrogens with zero attached hydrogens (tertiary/aromatic N) is 3. The molecule has 0 bridgehead atoms. The van der Waals surface area contributed by atoms with E-state index in [4.69, 9.17) is 0 Å². The van der Waals surface area contributed by atoms with Gasteiger partial charge >= 0.3 is 6.61 Å². The molecule has 0 amide bonds. The molecule has 1 atom stereocenters. The van der Waals surface area contributed by atoms with Crippen molar-refractivity contribution in [2.24, 2.45) is 0 Å². The first-order chi connectivity index (χ1) is 12.9. The Balaban J connectivity index is 1.88. The number of halogens is 2. The molecule has 0 aliphatic rings. The quantitative estimate of drug-likeness (QED) is 0.667. The third-order valence-electron chi connectivity index (χ3n) is 4.25. The topological polar surface area (TPSA) is 59.9 Å². The number of aromatic nitrogens is 3. The molecule has 0 saturated heterocycles. The molecule has 0 aliphatic heterocycles. The van der Waals surface area contributed by atoms with E-state index in [1.807, 2.05) is 39.0 Å². The lowest BCUT2D eigenvalue weighted by Gasteiger charge is -2.19. The SMILES string of the molecule is Cc1nc(-c2cccnc2)nc(NC(C)c2cccc(OC(F)F)c2)c1C. The first-order valence-corrected chi connectivity index (χ1v) is 8.51. The van der Waals surface area contributed by atoms with Crippen LogP contribution in [0.4, 0.5) is 14.6 Å². The summed E-state index contributed by atoms with van der Waals surface area (Å²) in [5.41, 5.74) is 3.41. The maximum Gasteiger partial charge on any atom is 0.387 e. The Labute approximate surface area is 156 Å². The van der Waals surface area contributed by atoms with E-state index >= 15 is 0 Å². The zero-order valence-corrected chi connectivity index (χ0v) is 15.3. The molecule has 0 saturated carbocycles. The zero-order valence-electron chi connectivity index (χ0n) is 15.3. The average molecular weight is 370 g/mol. The van der Waals surface area contributed by atoms with Gasteiger partial charge in [-0.15, -0.1) is 0 Å². The molecule has 1 unspecified atom stereocenters. The van der Waals surface area contributed by atoms with Gasteiger partial charge < -0.3 is 10.1 Å². The number of hydrogen-bond donors (Lipinski definition) is 1. The van der Waals surface area contributed by atoms with Crippen LogP contribution in [-0.4, -0.2) is 21.6 Å². The van der Waals surface area contributed by atoms with Crippen molar-refractivity contribution in [3.63, 3.8) is 0 Å². The molecule has 0 spiro atoms. The summed E-state index contributed by atoms with van der Waals surface area (Å²) < 4.78 is 29.4. The lowest BCUT2D eigenvalue weighted by Crippen LogP contribution is -2.12. The largest absolute Gasteiger partial charge is 0.435 e. The number of anilines is 1. The van der Waals surface area contributed by atoms with Gasteiger partial charge in [-0.1, -0.05) is 12.1 Å². The van der Waals surface area contributed by atoms with Gasteiger partial charge in [-0.25, -0.2) is 9.97 Å². The number of alkyl halides is 2. The van der Waals surface area contributed by atoms with Crippen LogP contribution in [0.2, 0.25) is 0 Å². The lowest BCUT2D eigenvalue weighted by atomic mass is 10.1. The highest BCUT2D eigenvalue weighted by atomic mass is 19.3. The van der Waals surface area contributed by atoms with E-state index < -0.39 is 6.61 Å². The Bertz CT molecular complexity index is 919. The number of nitrogens with one attached hydrogen (secondary N) is 1. The summed E-state index contributed by atoms with van der Waals surface area (Å²) in [4.78, 5) is 13.3. The van der Waals surface area contributed by atoms with Gasteiger partial charge in [-0.3, -0.25) is 4.98 Å². The van der Waals surface area contributed by atoms with E-state index in [0.29, 0.717) is 11.6 Å². The van der Waals surface area contributed by atoms with Gasteiger partial charge in [0, 0.05) is 29.2 Å². The number of hydrogen-bond acceptors (Lipinski definition) is 5. The third-order valence-corrected chi connectivity index (χ3v) is 4.25. The highest BCUT2D eigenvalue weighted by Gasteiger charge is 2.14. The first kappa shape index (κ1) is 18.7. The number of benzene rings is 1. The number of ether oxygens (including phenoxy) is 1. The van der Waals surface area contributed by atoms with Crippen LogP contribution in [0.15, 0.2) is 48.8 Å². The summed E-state index contributed by atoms with van der Waals surface area (Å²) >= 11 is 0. The van der Waals surface area contributed by atoms with Crippen molar-refractivity contribution >= 4 is 5.82 Å². The minimum atomic E-state index is -2.85. The summed E-state index contributed by atoms with van der Waals surface area (Å²) in [5.74, 6) is 1.40. The van der Waals surface area contributed by atoms with Crippen LogP contribution in [0.25, 0.3) is 11.4 Å². The summed E-state index contributed by atoms with van der Waals surface area (Å²) in [5, 5.41) is 3.34. The van der Waals surface area contributed by atoms with Crippen molar-refractivity contribution in [2.45, 2.75) is 33.4 Å². The summed E-state index contributed by atoms with van der Waals surface area (Å²) in [6, 6.07) is 10.2. The molecule has 1 aromatic carbocycles. The van der Waals surface area contributed by atoms with Crippen LogP contribution in [-0.2, 0) is 0 Å². The summed E-state index contributed by atoms with van der Waals surface area (Å²) in [6.07, 6.45) is 3.41. The van der Waals surface area contributed by atoms with E-state index in [0.717, 1.165) is 22.4 Å². The van der Waals surface area contributed by atoms with Crippen LogP contribution < -0.4 is 10.1 Å². The molecule has 0 fully saturated rings. The highest BCUT2D eigenvalue weighted by molar-refractivity contribution is 5.59. The normalized spacial score (nSPS) is 12.1. The molecule has 2 aromatic heterocycles. The molecule has 140 valence electrons. The van der Waals surface area contributed by atoms with Gasteiger partial charge in [0.2, 0.25) is 0 Å². The summed E-state index contributed by atoms with van der Waals surface area (Å²) in [7, 11) is 0. The Hall–Kier alpha value is -3.09. The minimum absolute atomic E-state index is 0.128. The summed E-state index contributed by atoms with van der Waals surface area (Å²) in [6.45, 7) is 2.94. The van der Waals surface area contributed by atoms with E-state index in [2.05, 4.69) is 25.0 Å². The van der Waals surface area contributed by atoms with Crippen LogP contribution in [0.1, 0.15) is 29.8 Å². The molecule has 3 aromatic rings. The van der Waals surface area contributed by atoms with Crippen molar-refractivity contribution in [3.05, 3.63) is 65.6 Å². The second kappa shape index (κ2) is 8.07. The first-order valence-electron chi connectivity index (χ1n) is 8.51. The number of pyridine rings is 1. The molecule has 0 aliphatic carbocycles. The van der Waals surface area contributed by atoms with Gasteiger partial charge in [0.1, 0.15) is 11.6 Å². The fourth-order valence-corrected chi connectivity index (χ4v) is 2.64. The van der Waals surface area contributed by atoms with E-state index in [1.165, 1.54) is 6.07 Å². The third kappa shape index (κ3) is 4.55. The molecular formula is C20H20F2N4O. The van der Waals surface area contributed by atoms with Crippen molar-refractivity contribution < 1.29 is 13.5 Å². The fraction of sp³-hybridized carbons (Fsp3) is 0.250. The second-order valence-electron chi connectivity index (χ2n) is 6.16. The van der Waals surface area contributed by atoms with Crippen LogP contribution in [0, 0.1) is 13.8 Å². The lowest BCUT2D eigenvalue weighted by molar-refractivity contribution is -0.0498. The van der Waals surface area contributed by atoms with Gasteiger partial charge in [0.15, 0.2) is 5.82 Å². The van der Waals surface area contributed by atoms with Crippen LogP contribution >= 0.6 is 0 Å². The van der Waals surface area contributed by atoms with Crippen molar-refractivity contribution in [1.29, 1.82) is 0 Å². The van der Waals surface area contributed by atoms with Crippen LogP contribution in [0.3, 0.4) is 0 Å². The number of rotatable bonds is 6. The molecule has 0 radical (unpaired) electrons. The molecule has 1 N–H and O–H groups in total. The Morgan fingerprint density at radius 2 is 1.89 bits per heavy atom. The van der Waals surface area contributed by atoms with Gasteiger partial charge in [-0.05, 0) is 50.6 Å². The van der Waals surface area contributed by atoms with Gasteiger partial charge in [0.05, 0.1) is 6.04 Å². The predicted molar refractivity (Wildman–Crippen MR) is 99.8 cm³/mol. The molecule has 2 heterocycles. The average Bonchev–Trinajstić information content (AvgIpc) is 2.65. The van der Waals surface area contributed by atoms with E-state index in [9.17, 15) is 8.78 Å². The van der Waals surface area contributed by atoms with E-state index in [-0.39, 0.29) is 11.8 Å². The fourth-order valence-electron chi connectivity index (χ4n) is 2.64. The monoisotopic (exact) mass is 370 g/mol. The van der Waals surface area contributed by atoms with Crippen LogP contribution in [0.5, 0.6) is 5.75 Å². The zero-order chi connectivity index (χ0) is 19.4. The van der Waals surface area contributed by atoms with Crippen molar-refractivity contribution in [2.75, 3.05) is 5.32 Å². The number of aryl methyl sites for hydroxylation is 1. The van der Waals surface area contributed by atoms with Gasteiger partial charge in [-0.2, -0.15) is 8.78 Å². The molecule has 5 nitrogen and oxygen atoms in total. The van der Waals surface area contributed by atoms with Crippen molar-refractivity contribution in [3.8, 4) is 17.1 Å².